The lowest BCUT2D eigenvalue weighted by molar-refractivity contribution is 0.935. The van der Waals surface area contributed by atoms with Crippen LogP contribution in [0.15, 0.2) is 29.1 Å². The van der Waals surface area contributed by atoms with E-state index < -0.39 is 0 Å². The molecule has 0 N–H and O–H groups in total. The summed E-state index contributed by atoms with van der Waals surface area (Å²) in [4.78, 5) is 4.00. The van der Waals surface area contributed by atoms with Gasteiger partial charge in [-0.05, 0) is 28.1 Å². The number of rotatable bonds is 0. The molecule has 4 heteroatoms. The molecule has 2 aromatic rings. The molecule has 0 aromatic carbocycles. The average Bonchev–Trinajstić information content (AvgIpc) is 2.36. The van der Waals surface area contributed by atoms with E-state index in [1.54, 1.807) is 4.52 Å². The summed E-state index contributed by atoms with van der Waals surface area (Å²) >= 11 is 3.34. The Morgan fingerprint density at radius 2 is 2.30 bits per heavy atom. The van der Waals surface area contributed by atoms with Gasteiger partial charge in [0.25, 0.3) is 0 Å². The van der Waals surface area contributed by atoms with Crippen molar-refractivity contribution in [2.24, 2.45) is 0 Å². The summed E-state index contributed by atoms with van der Waals surface area (Å²) in [6.07, 6.45) is 1.53. The van der Waals surface area contributed by atoms with Crippen molar-refractivity contribution in [1.82, 2.24) is 14.6 Å². The van der Waals surface area contributed by atoms with Crippen molar-refractivity contribution in [3.63, 3.8) is 0 Å². The van der Waals surface area contributed by atoms with Crippen LogP contribution in [0.2, 0.25) is 0 Å². The zero-order valence-electron chi connectivity index (χ0n) is 5.03. The predicted octanol–water partition coefficient (Wildman–Crippen LogP) is 1.49. The minimum absolute atomic E-state index is 0.856. The number of aromatic nitrogens is 3. The van der Waals surface area contributed by atoms with Crippen molar-refractivity contribution < 1.29 is 0 Å². The summed E-state index contributed by atoms with van der Waals surface area (Å²) in [5.74, 6) is 0. The van der Waals surface area contributed by atoms with Gasteiger partial charge in [-0.25, -0.2) is 9.50 Å². The Kier molecular flexibility index (Phi) is 1.20. The molecule has 0 saturated heterocycles. The van der Waals surface area contributed by atoms with E-state index in [0.29, 0.717) is 0 Å². The van der Waals surface area contributed by atoms with Crippen molar-refractivity contribution >= 4 is 21.6 Å². The number of pyridine rings is 1. The summed E-state index contributed by atoms with van der Waals surface area (Å²) in [5.41, 5.74) is 0.856. The molecule has 50 valence electrons. The second kappa shape index (κ2) is 2.05. The first-order chi connectivity index (χ1) is 4.88. The molecule has 0 unspecified atom stereocenters. The van der Waals surface area contributed by atoms with E-state index in [2.05, 4.69) is 26.0 Å². The molecule has 0 amide bonds. The van der Waals surface area contributed by atoms with Crippen LogP contribution in [-0.4, -0.2) is 14.6 Å². The fourth-order valence-electron chi connectivity index (χ4n) is 0.813. The van der Waals surface area contributed by atoms with Crippen LogP contribution in [0, 0.1) is 0 Å². The first-order valence-corrected chi connectivity index (χ1v) is 3.61. The molecular formula is C6H4BrN3. The quantitative estimate of drug-likeness (QED) is 0.600. The summed E-state index contributed by atoms with van der Waals surface area (Å²) in [6, 6.07) is 5.74. The lowest BCUT2D eigenvalue weighted by Crippen LogP contribution is -1.87. The van der Waals surface area contributed by atoms with Gasteiger partial charge < -0.3 is 0 Å². The van der Waals surface area contributed by atoms with Gasteiger partial charge in [-0.15, -0.1) is 0 Å². The summed E-state index contributed by atoms with van der Waals surface area (Å²) in [7, 11) is 0. The van der Waals surface area contributed by atoms with Gasteiger partial charge in [-0.1, -0.05) is 6.07 Å². The molecule has 2 rings (SSSR count). The largest absolute Gasteiger partial charge is 0.215 e. The number of fused-ring (bicyclic) bond motifs is 1. The lowest BCUT2D eigenvalue weighted by Gasteiger charge is -1.91. The molecule has 0 atom stereocenters. The van der Waals surface area contributed by atoms with Gasteiger partial charge in [0.15, 0.2) is 5.65 Å². The Hall–Kier alpha value is -0.900. The van der Waals surface area contributed by atoms with Gasteiger partial charge in [-0.2, -0.15) is 5.10 Å². The third kappa shape index (κ3) is 0.724. The van der Waals surface area contributed by atoms with Gasteiger partial charge in [0, 0.05) is 0 Å². The summed E-state index contributed by atoms with van der Waals surface area (Å²) < 4.78 is 2.64. The predicted molar refractivity (Wildman–Crippen MR) is 40.7 cm³/mol. The van der Waals surface area contributed by atoms with Crippen molar-refractivity contribution in [2.45, 2.75) is 0 Å². The number of halogens is 1. The van der Waals surface area contributed by atoms with Crippen molar-refractivity contribution in [3.8, 4) is 0 Å². The molecule has 0 radical (unpaired) electrons. The van der Waals surface area contributed by atoms with Gasteiger partial charge in [0.1, 0.15) is 10.9 Å². The van der Waals surface area contributed by atoms with Gasteiger partial charge in [-0.3, -0.25) is 0 Å². The van der Waals surface area contributed by atoms with E-state index >= 15 is 0 Å². The molecular weight excluding hydrogens is 194 g/mol. The smallest absolute Gasteiger partial charge is 0.156 e. The second-order valence-electron chi connectivity index (χ2n) is 1.88. The van der Waals surface area contributed by atoms with Crippen LogP contribution in [-0.2, 0) is 0 Å². The van der Waals surface area contributed by atoms with Crippen LogP contribution in [0.1, 0.15) is 0 Å². The standard InChI is InChI=1S/C6H4BrN3/c7-5-2-1-3-6-8-4-9-10(5)6/h1-4H. The Labute approximate surface area is 65.8 Å². The van der Waals surface area contributed by atoms with Crippen LogP contribution in [0.25, 0.3) is 5.65 Å². The highest BCUT2D eigenvalue weighted by Crippen LogP contribution is 2.09. The minimum atomic E-state index is 0.856. The van der Waals surface area contributed by atoms with E-state index in [1.165, 1.54) is 6.33 Å². The highest BCUT2D eigenvalue weighted by atomic mass is 79.9. The minimum Gasteiger partial charge on any atom is -0.215 e. The second-order valence-corrected chi connectivity index (χ2v) is 2.69. The fraction of sp³-hybridized carbons (Fsp3) is 0. The van der Waals surface area contributed by atoms with E-state index in [1.807, 2.05) is 18.2 Å². The summed E-state index contributed by atoms with van der Waals surface area (Å²) in [5, 5.41) is 3.98. The van der Waals surface area contributed by atoms with Crippen LogP contribution in [0.4, 0.5) is 0 Å². The Morgan fingerprint density at radius 3 is 3.10 bits per heavy atom. The highest BCUT2D eigenvalue weighted by Gasteiger charge is 1.95. The molecule has 0 aliphatic heterocycles. The molecule has 0 saturated carbocycles. The maximum atomic E-state index is 4.00. The molecule has 3 nitrogen and oxygen atoms in total. The Balaban J connectivity index is 2.95. The van der Waals surface area contributed by atoms with Crippen molar-refractivity contribution in [1.29, 1.82) is 0 Å². The molecule has 0 fully saturated rings. The molecule has 0 bridgehead atoms. The van der Waals surface area contributed by atoms with Crippen LogP contribution >= 0.6 is 15.9 Å². The maximum Gasteiger partial charge on any atom is 0.156 e. The van der Waals surface area contributed by atoms with Crippen LogP contribution in [0.5, 0.6) is 0 Å². The van der Waals surface area contributed by atoms with E-state index in [4.69, 9.17) is 0 Å². The van der Waals surface area contributed by atoms with Crippen molar-refractivity contribution in [3.05, 3.63) is 29.1 Å². The third-order valence-electron chi connectivity index (χ3n) is 1.26. The SMILES string of the molecule is Brc1cccc2ncnn12. The maximum absolute atomic E-state index is 4.00. The number of hydrogen-bond acceptors (Lipinski definition) is 2. The van der Waals surface area contributed by atoms with Gasteiger partial charge in [0.05, 0.1) is 0 Å². The van der Waals surface area contributed by atoms with Gasteiger partial charge >= 0.3 is 0 Å². The van der Waals surface area contributed by atoms with E-state index in [-0.39, 0.29) is 0 Å². The molecule has 0 aliphatic carbocycles. The lowest BCUT2D eigenvalue weighted by atomic mass is 10.5. The van der Waals surface area contributed by atoms with Crippen molar-refractivity contribution in [2.75, 3.05) is 0 Å². The zero-order valence-corrected chi connectivity index (χ0v) is 6.62. The summed E-state index contributed by atoms with van der Waals surface area (Å²) in [6.45, 7) is 0. The highest BCUT2D eigenvalue weighted by molar-refractivity contribution is 9.10. The first-order valence-electron chi connectivity index (χ1n) is 2.82. The Bertz CT molecular complexity index is 355. The molecule has 0 aliphatic rings. The average molecular weight is 198 g/mol. The number of hydrogen-bond donors (Lipinski definition) is 0. The topological polar surface area (TPSA) is 30.2 Å². The molecule has 10 heavy (non-hydrogen) atoms. The van der Waals surface area contributed by atoms with Crippen LogP contribution < -0.4 is 0 Å². The normalized spacial score (nSPS) is 10.5. The molecule has 2 heterocycles. The monoisotopic (exact) mass is 197 g/mol. The Morgan fingerprint density at radius 1 is 1.40 bits per heavy atom. The number of nitrogens with zero attached hydrogens (tertiary/aromatic N) is 3. The van der Waals surface area contributed by atoms with Gasteiger partial charge in [0.2, 0.25) is 0 Å². The van der Waals surface area contributed by atoms with E-state index in [0.717, 1.165) is 10.3 Å². The van der Waals surface area contributed by atoms with E-state index in [9.17, 15) is 0 Å². The molecule has 2 aromatic heterocycles. The zero-order chi connectivity index (χ0) is 6.97. The first kappa shape index (κ1) is 5.85. The fourth-order valence-corrected chi connectivity index (χ4v) is 1.24. The third-order valence-corrected chi connectivity index (χ3v) is 1.86. The molecule has 0 spiro atoms. The van der Waals surface area contributed by atoms with Crippen LogP contribution in [0.3, 0.4) is 0 Å².